The number of thiazole rings is 1. The van der Waals surface area contributed by atoms with E-state index in [1.165, 1.54) is 4.90 Å². The number of carbonyl (C=O) groups is 5. The van der Waals surface area contributed by atoms with E-state index in [0.29, 0.717) is 43.8 Å². The van der Waals surface area contributed by atoms with Gasteiger partial charge in [0.1, 0.15) is 17.8 Å². The number of hydrogen-bond acceptors (Lipinski definition) is 12. The van der Waals surface area contributed by atoms with E-state index in [2.05, 4.69) is 38.2 Å². The number of nitrogens with one attached hydrogen (secondary N) is 4. The monoisotopic (exact) mass is 1020 g/mol. The number of unbranched alkanes of at least 4 members (excludes halogenated alkanes) is 5. The maximum atomic E-state index is 14.0. The van der Waals surface area contributed by atoms with Crippen molar-refractivity contribution in [3.63, 3.8) is 0 Å². The minimum Gasteiger partial charge on any atom is -0.494 e. The molecule has 1 aliphatic heterocycles. The van der Waals surface area contributed by atoms with Crippen LogP contribution in [0, 0.1) is 12.3 Å². The Balaban J connectivity index is 0.841. The third-order valence-electron chi connectivity index (χ3n) is 12.8. The highest BCUT2D eigenvalue weighted by Crippen LogP contribution is 2.29. The van der Waals surface area contributed by atoms with Crippen molar-refractivity contribution in [1.29, 1.82) is 0 Å². The summed E-state index contributed by atoms with van der Waals surface area (Å²) in [5.41, 5.74) is 8.43. The molecule has 1 saturated heterocycles. The number of hydroxylamine groups is 1. The molecule has 6 rings (SSSR count). The van der Waals surface area contributed by atoms with E-state index in [4.69, 9.17) is 9.94 Å². The van der Waals surface area contributed by atoms with E-state index in [1.807, 2.05) is 92.6 Å². The number of ether oxygens (including phenoxy) is 1. The van der Waals surface area contributed by atoms with Crippen LogP contribution in [0.25, 0.3) is 10.4 Å². The number of carbonyl (C=O) groups excluding carboxylic acids is 5. The topological polar surface area (TPSA) is 233 Å². The van der Waals surface area contributed by atoms with Gasteiger partial charge in [-0.05, 0) is 110 Å². The number of amides is 6. The number of anilines is 1. The highest BCUT2D eigenvalue weighted by molar-refractivity contribution is 7.13. The lowest BCUT2D eigenvalue weighted by Gasteiger charge is -2.35. The van der Waals surface area contributed by atoms with Crippen molar-refractivity contribution in [3.05, 3.63) is 113 Å². The Bertz CT molecular complexity index is 2560. The SMILES string of the molecule is CCCCN(Cc1ccc(C(=O)NO)cc1)C(=O)Nc1ccc(OCCCCCCn2cc(CCCCC(=O)NC(C(=O)N3CC(O)CC3C(=O)NCc3ccc(-c4scnc4C)cc3)C(C)(C)C)nn2)cc1. The highest BCUT2D eigenvalue weighted by atomic mass is 32.1. The second-order valence-corrected chi connectivity index (χ2v) is 20.6. The number of β-amino-alcohol motifs (C(OH)–C–C–N with tert-alkyl or cyclic N) is 1. The molecule has 6 N–H and O–H groups in total. The van der Waals surface area contributed by atoms with Crippen molar-refractivity contribution in [2.45, 2.75) is 143 Å². The number of likely N-dealkylation sites (tertiary alicyclic amines) is 1. The molecule has 3 unspecified atom stereocenters. The van der Waals surface area contributed by atoms with Gasteiger partial charge in [0.05, 0.1) is 34.5 Å². The summed E-state index contributed by atoms with van der Waals surface area (Å²) in [6.45, 7) is 12.2. The zero-order valence-corrected chi connectivity index (χ0v) is 43.6. The number of aryl methyl sites for hydroxylation is 3. The van der Waals surface area contributed by atoms with E-state index in [0.717, 1.165) is 90.2 Å². The number of rotatable bonds is 26. The molecule has 73 heavy (non-hydrogen) atoms. The van der Waals surface area contributed by atoms with Gasteiger partial charge >= 0.3 is 6.03 Å². The maximum absolute atomic E-state index is 14.0. The van der Waals surface area contributed by atoms with E-state index in [9.17, 15) is 29.1 Å². The van der Waals surface area contributed by atoms with Gasteiger partial charge in [0, 0.05) is 63.0 Å². The van der Waals surface area contributed by atoms with Crippen LogP contribution in [0.15, 0.2) is 84.5 Å². The molecule has 1 aliphatic rings. The Morgan fingerprint density at radius 1 is 0.904 bits per heavy atom. The van der Waals surface area contributed by atoms with Crippen molar-refractivity contribution in [1.82, 2.24) is 45.9 Å². The molecule has 392 valence electrons. The fourth-order valence-corrected chi connectivity index (χ4v) is 9.38. The molecule has 3 atom stereocenters. The van der Waals surface area contributed by atoms with Gasteiger partial charge in [-0.2, -0.15) is 0 Å². The summed E-state index contributed by atoms with van der Waals surface area (Å²) in [4.78, 5) is 74.2. The van der Waals surface area contributed by atoms with Crippen LogP contribution < -0.4 is 26.2 Å². The molecule has 0 spiro atoms. The summed E-state index contributed by atoms with van der Waals surface area (Å²) in [5, 5.41) is 37.0. The van der Waals surface area contributed by atoms with E-state index in [-0.39, 0.29) is 49.7 Å². The molecule has 0 saturated carbocycles. The fraction of sp³-hybridized carbons (Fsp3) is 0.481. The molecule has 0 aliphatic carbocycles. The number of urea groups is 1. The first kappa shape index (κ1) is 55.6. The minimum absolute atomic E-state index is 0.0124. The van der Waals surface area contributed by atoms with E-state index in [1.54, 1.807) is 46.0 Å². The van der Waals surface area contributed by atoms with Crippen LogP contribution in [-0.4, -0.2) is 108 Å². The van der Waals surface area contributed by atoms with E-state index >= 15 is 0 Å². The summed E-state index contributed by atoms with van der Waals surface area (Å²) in [6, 6.07) is 20.0. The molecule has 6 amide bonds. The number of hydrogen-bond donors (Lipinski definition) is 6. The average molecular weight is 1020 g/mol. The van der Waals surface area contributed by atoms with Gasteiger partial charge in [-0.3, -0.25) is 29.1 Å². The Morgan fingerprint density at radius 2 is 1.63 bits per heavy atom. The van der Waals surface area contributed by atoms with Gasteiger partial charge in [-0.15, -0.1) is 16.4 Å². The lowest BCUT2D eigenvalue weighted by molar-refractivity contribution is -0.144. The quantitative estimate of drug-likeness (QED) is 0.0178. The summed E-state index contributed by atoms with van der Waals surface area (Å²) >= 11 is 1.58. The predicted octanol–water partition coefficient (Wildman–Crippen LogP) is 7.82. The van der Waals surface area contributed by atoms with Crippen molar-refractivity contribution >= 4 is 46.7 Å². The van der Waals surface area contributed by atoms with Crippen LogP contribution in [0.1, 0.15) is 125 Å². The van der Waals surface area contributed by atoms with Crippen LogP contribution in [0.3, 0.4) is 0 Å². The number of nitrogens with zero attached hydrogens (tertiary/aromatic N) is 6. The molecule has 3 aromatic carbocycles. The average Bonchev–Trinajstić information content (AvgIpc) is 4.14. The largest absolute Gasteiger partial charge is 0.494 e. The zero-order valence-electron chi connectivity index (χ0n) is 42.8. The third kappa shape index (κ3) is 16.9. The van der Waals surface area contributed by atoms with Gasteiger partial charge in [0.15, 0.2) is 0 Å². The molecule has 0 radical (unpaired) electrons. The number of aliphatic hydroxyl groups is 1. The molecular formula is C54H72N10O8S. The molecule has 18 nitrogen and oxygen atoms in total. The standard InChI is InChI=1S/C54H72N10O8S/c1-6-7-28-62(33-39-18-22-41(23-19-39)50(67)60-71)53(70)57-42-24-26-45(27-25-42)72-30-13-9-8-12-29-63-34-43(59-61-63)14-10-11-15-47(66)58-49(54(3,4)5)52(69)64-35-44(65)31-46(64)51(68)55-32-38-16-20-40(21-17-38)48-37(2)56-36-73-48/h16-27,34,36,44,46,49,65,71H,6-15,28-33,35H2,1-5H3,(H,55,68)(H,57,70)(H,58,66)(H,60,67). The Hall–Kier alpha value is -6.70. The van der Waals surface area contributed by atoms with Gasteiger partial charge in [0.25, 0.3) is 5.91 Å². The molecule has 2 aromatic heterocycles. The summed E-state index contributed by atoms with van der Waals surface area (Å²) < 4.78 is 7.81. The van der Waals surface area contributed by atoms with Crippen LogP contribution in [0.2, 0.25) is 0 Å². The summed E-state index contributed by atoms with van der Waals surface area (Å²) in [5.74, 6) is -0.854. The molecule has 0 bridgehead atoms. The third-order valence-corrected chi connectivity index (χ3v) is 13.8. The zero-order chi connectivity index (χ0) is 52.3. The lowest BCUT2D eigenvalue weighted by Crippen LogP contribution is -2.57. The maximum Gasteiger partial charge on any atom is 0.322 e. The number of benzene rings is 3. The Labute approximate surface area is 432 Å². The normalized spacial score (nSPS) is 14.9. The van der Waals surface area contributed by atoms with Crippen molar-refractivity contribution < 1.29 is 39.0 Å². The number of aliphatic hydroxyl groups excluding tert-OH is 1. The fourth-order valence-electron chi connectivity index (χ4n) is 8.57. The molecular weight excluding hydrogens is 949 g/mol. The first-order valence-electron chi connectivity index (χ1n) is 25.4. The predicted molar refractivity (Wildman–Crippen MR) is 280 cm³/mol. The highest BCUT2D eigenvalue weighted by Gasteiger charge is 2.44. The minimum atomic E-state index is -0.888. The van der Waals surface area contributed by atoms with Crippen LogP contribution >= 0.6 is 11.3 Å². The van der Waals surface area contributed by atoms with Gasteiger partial charge in [0.2, 0.25) is 17.7 Å². The van der Waals surface area contributed by atoms with Crippen LogP contribution in [0.5, 0.6) is 5.75 Å². The van der Waals surface area contributed by atoms with Gasteiger partial charge in [-0.25, -0.2) is 15.3 Å². The summed E-state index contributed by atoms with van der Waals surface area (Å²) in [7, 11) is 0. The first-order chi connectivity index (χ1) is 35.1. The van der Waals surface area contributed by atoms with Crippen LogP contribution in [-0.2, 0) is 40.4 Å². The smallest absolute Gasteiger partial charge is 0.322 e. The molecule has 1 fully saturated rings. The second-order valence-electron chi connectivity index (χ2n) is 19.8. The van der Waals surface area contributed by atoms with Crippen LogP contribution in [0.4, 0.5) is 10.5 Å². The summed E-state index contributed by atoms with van der Waals surface area (Å²) in [6.07, 6.45) is 9.03. The first-order valence-corrected chi connectivity index (χ1v) is 26.3. The lowest BCUT2D eigenvalue weighted by atomic mass is 9.85. The number of aromatic nitrogens is 4. The molecule has 19 heteroatoms. The van der Waals surface area contributed by atoms with Crippen molar-refractivity contribution in [2.24, 2.45) is 5.41 Å². The van der Waals surface area contributed by atoms with Crippen molar-refractivity contribution in [2.75, 3.05) is 25.0 Å². The van der Waals surface area contributed by atoms with Gasteiger partial charge < -0.3 is 35.6 Å². The van der Waals surface area contributed by atoms with E-state index < -0.39 is 29.5 Å². The Kier molecular flexibility index (Phi) is 20.9. The van der Waals surface area contributed by atoms with Gasteiger partial charge in [-0.1, -0.05) is 82.1 Å². The van der Waals surface area contributed by atoms with Crippen molar-refractivity contribution in [3.8, 4) is 16.2 Å². The molecule has 5 aromatic rings. The second kappa shape index (κ2) is 27.4. The molecule has 3 heterocycles. The Morgan fingerprint density at radius 3 is 2.32 bits per heavy atom.